The average molecular weight is 358 g/mol. The van der Waals surface area contributed by atoms with Crippen LogP contribution in [0.15, 0.2) is 29.4 Å². The van der Waals surface area contributed by atoms with E-state index in [0.29, 0.717) is 25.9 Å². The number of hydrazone groups is 1. The highest BCUT2D eigenvalue weighted by Crippen LogP contribution is 2.36. The van der Waals surface area contributed by atoms with Gasteiger partial charge in [-0.3, -0.25) is 4.79 Å². The first kappa shape index (κ1) is 18.9. The van der Waals surface area contributed by atoms with Crippen molar-refractivity contribution in [2.24, 2.45) is 5.10 Å². The largest absolute Gasteiger partial charge is 0.490 e. The van der Waals surface area contributed by atoms with Crippen LogP contribution in [0, 0.1) is 0 Å². The molecule has 1 aliphatic heterocycles. The van der Waals surface area contributed by atoms with Gasteiger partial charge in [0.25, 0.3) is 5.91 Å². The van der Waals surface area contributed by atoms with Crippen molar-refractivity contribution in [3.8, 4) is 5.75 Å². The number of likely N-dealkylation sites (tertiary alicyclic amines) is 1. The zero-order valence-corrected chi connectivity index (χ0v) is 14.1. The Morgan fingerprint density at radius 3 is 2.44 bits per heavy atom. The van der Waals surface area contributed by atoms with Crippen LogP contribution in [0.5, 0.6) is 5.75 Å². The van der Waals surface area contributed by atoms with Crippen LogP contribution >= 0.6 is 0 Å². The van der Waals surface area contributed by atoms with Gasteiger partial charge in [-0.2, -0.15) is 18.3 Å². The molecule has 6 nitrogen and oxygen atoms in total. The maximum Gasteiger partial charge on any atom is 0.419 e. The monoisotopic (exact) mass is 358 g/mol. The summed E-state index contributed by atoms with van der Waals surface area (Å²) in [6.45, 7) is 0.930. The fraction of sp³-hybridized carbons (Fsp3) is 0.500. The van der Waals surface area contributed by atoms with E-state index in [9.17, 15) is 18.0 Å². The first-order chi connectivity index (χ1) is 11.9. The molecule has 1 aromatic carbocycles. The molecule has 1 saturated heterocycles. The van der Waals surface area contributed by atoms with Crippen molar-refractivity contribution in [2.45, 2.75) is 25.1 Å². The molecule has 0 spiro atoms. The Morgan fingerprint density at radius 1 is 1.24 bits per heavy atom. The van der Waals surface area contributed by atoms with Crippen molar-refractivity contribution >= 4 is 11.7 Å². The summed E-state index contributed by atoms with van der Waals surface area (Å²) in [5.74, 6) is -0.237. The highest BCUT2D eigenvalue weighted by molar-refractivity contribution is 6.37. The molecule has 0 aromatic heterocycles. The van der Waals surface area contributed by atoms with E-state index in [1.807, 2.05) is 0 Å². The number of amidine groups is 1. The summed E-state index contributed by atoms with van der Waals surface area (Å²) in [7, 11) is 3.10. The minimum atomic E-state index is -4.46. The van der Waals surface area contributed by atoms with Crippen LogP contribution in [-0.4, -0.2) is 49.9 Å². The second-order valence-electron chi connectivity index (χ2n) is 5.54. The molecule has 138 valence electrons. The number of nitrogens with one attached hydrogen (secondary N) is 2. The SMILES string of the molecule is CN/N=C(\C(=O)NC)N1CCC(Oc2ccccc2C(F)(F)F)CC1. The fourth-order valence-electron chi connectivity index (χ4n) is 2.65. The van der Waals surface area contributed by atoms with Crippen LogP contribution in [-0.2, 0) is 11.0 Å². The smallest absolute Gasteiger partial charge is 0.419 e. The lowest BCUT2D eigenvalue weighted by molar-refractivity contribution is -0.139. The van der Waals surface area contributed by atoms with Crippen molar-refractivity contribution in [3.63, 3.8) is 0 Å². The molecule has 25 heavy (non-hydrogen) atoms. The van der Waals surface area contributed by atoms with Gasteiger partial charge in [0, 0.05) is 40.0 Å². The predicted molar refractivity (Wildman–Crippen MR) is 87.2 cm³/mol. The second kappa shape index (κ2) is 8.09. The zero-order valence-electron chi connectivity index (χ0n) is 14.1. The molecule has 2 rings (SSSR count). The van der Waals surface area contributed by atoms with Crippen LogP contribution < -0.4 is 15.5 Å². The van der Waals surface area contributed by atoms with Gasteiger partial charge in [-0.05, 0) is 12.1 Å². The zero-order chi connectivity index (χ0) is 18.4. The average Bonchev–Trinajstić information content (AvgIpc) is 2.59. The van der Waals surface area contributed by atoms with Crippen LogP contribution in [0.25, 0.3) is 0 Å². The summed E-state index contributed by atoms with van der Waals surface area (Å²) in [4.78, 5) is 13.6. The maximum atomic E-state index is 13.0. The van der Waals surface area contributed by atoms with Crippen molar-refractivity contribution in [3.05, 3.63) is 29.8 Å². The minimum Gasteiger partial charge on any atom is -0.490 e. The van der Waals surface area contributed by atoms with E-state index in [2.05, 4.69) is 15.8 Å². The molecule has 2 N–H and O–H groups in total. The lowest BCUT2D eigenvalue weighted by Crippen LogP contribution is -2.48. The number of rotatable bonds is 3. The van der Waals surface area contributed by atoms with E-state index in [1.54, 1.807) is 11.9 Å². The Balaban J connectivity index is 2.02. The van der Waals surface area contributed by atoms with E-state index in [1.165, 1.54) is 25.2 Å². The molecule has 9 heteroatoms. The minimum absolute atomic E-state index is 0.163. The van der Waals surface area contributed by atoms with E-state index in [4.69, 9.17) is 4.74 Å². The standard InChI is InChI=1S/C16H21F3N4O2/c1-20-15(24)14(22-21-2)23-9-7-11(8-10-23)25-13-6-4-3-5-12(13)16(17,18)19/h3-6,11,21H,7-10H2,1-2H3,(H,20,24)/b22-14+. The Bertz CT molecular complexity index is 626. The number of halogens is 3. The molecule has 0 saturated carbocycles. The summed E-state index contributed by atoms with van der Waals surface area (Å²) in [6.07, 6.45) is -3.82. The fourth-order valence-corrected chi connectivity index (χ4v) is 2.65. The second-order valence-corrected chi connectivity index (χ2v) is 5.54. The van der Waals surface area contributed by atoms with Gasteiger partial charge in [-0.15, -0.1) is 0 Å². The third kappa shape index (κ3) is 4.77. The van der Waals surface area contributed by atoms with Gasteiger partial charge < -0.3 is 20.4 Å². The quantitative estimate of drug-likeness (QED) is 0.492. The molecule has 1 fully saturated rings. The molecule has 1 amide bonds. The molecule has 0 bridgehead atoms. The van der Waals surface area contributed by atoms with Crippen LogP contribution in [0.1, 0.15) is 18.4 Å². The number of nitrogens with zero attached hydrogens (tertiary/aromatic N) is 2. The Morgan fingerprint density at radius 2 is 1.88 bits per heavy atom. The topological polar surface area (TPSA) is 66.0 Å². The Kier molecular flexibility index (Phi) is 6.11. The highest BCUT2D eigenvalue weighted by Gasteiger charge is 2.35. The van der Waals surface area contributed by atoms with Crippen molar-refractivity contribution < 1.29 is 22.7 Å². The Labute approximate surface area is 144 Å². The van der Waals surface area contributed by atoms with Crippen LogP contribution in [0.3, 0.4) is 0 Å². The summed E-state index contributed by atoms with van der Waals surface area (Å²) in [5.41, 5.74) is 1.81. The normalized spacial score (nSPS) is 16.5. The molecule has 1 heterocycles. The number of ether oxygens (including phenoxy) is 1. The predicted octanol–water partition coefficient (Wildman–Crippen LogP) is 1.83. The number of para-hydroxylation sites is 1. The molecule has 0 radical (unpaired) electrons. The van der Waals surface area contributed by atoms with Gasteiger partial charge in [0.2, 0.25) is 5.84 Å². The molecular formula is C16H21F3N4O2. The van der Waals surface area contributed by atoms with Gasteiger partial charge in [-0.25, -0.2) is 0 Å². The van der Waals surface area contributed by atoms with Gasteiger partial charge in [0.1, 0.15) is 11.9 Å². The third-order valence-electron chi connectivity index (χ3n) is 3.88. The molecular weight excluding hydrogens is 337 g/mol. The third-order valence-corrected chi connectivity index (χ3v) is 3.88. The first-order valence-corrected chi connectivity index (χ1v) is 7.91. The molecule has 0 aliphatic carbocycles. The number of hydrogen-bond acceptors (Lipinski definition) is 4. The van der Waals surface area contributed by atoms with Gasteiger partial charge in [0.05, 0.1) is 5.56 Å². The summed E-state index contributed by atoms with van der Waals surface area (Å²) in [5, 5.41) is 6.48. The van der Waals surface area contributed by atoms with E-state index < -0.39 is 11.7 Å². The lowest BCUT2D eigenvalue weighted by Gasteiger charge is -2.33. The number of piperidine rings is 1. The number of carbonyl (C=O) groups is 1. The first-order valence-electron chi connectivity index (χ1n) is 7.91. The summed E-state index contributed by atoms with van der Waals surface area (Å²) >= 11 is 0. The van der Waals surface area contributed by atoms with Gasteiger partial charge in [-0.1, -0.05) is 12.1 Å². The van der Waals surface area contributed by atoms with Gasteiger partial charge in [0.15, 0.2) is 0 Å². The number of hydrogen-bond donors (Lipinski definition) is 2. The number of alkyl halides is 3. The molecule has 0 unspecified atom stereocenters. The molecule has 1 aromatic rings. The lowest BCUT2D eigenvalue weighted by atomic mass is 10.1. The molecule has 1 aliphatic rings. The van der Waals surface area contributed by atoms with Crippen LogP contribution in [0.2, 0.25) is 0 Å². The summed E-state index contributed by atoms with van der Waals surface area (Å²) in [6, 6.07) is 5.19. The highest BCUT2D eigenvalue weighted by atomic mass is 19.4. The van der Waals surface area contributed by atoms with Gasteiger partial charge >= 0.3 is 6.18 Å². The number of benzene rings is 1. The number of amides is 1. The van der Waals surface area contributed by atoms with E-state index >= 15 is 0 Å². The van der Waals surface area contributed by atoms with E-state index in [-0.39, 0.29) is 23.6 Å². The maximum absolute atomic E-state index is 13.0. The van der Waals surface area contributed by atoms with Crippen molar-refractivity contribution in [1.82, 2.24) is 15.6 Å². The van der Waals surface area contributed by atoms with Crippen molar-refractivity contribution in [2.75, 3.05) is 27.2 Å². The summed E-state index contributed by atoms with van der Waals surface area (Å²) < 4.78 is 44.7. The number of likely N-dealkylation sites (N-methyl/N-ethyl adjacent to an activating group) is 1. The van der Waals surface area contributed by atoms with Crippen LogP contribution in [0.4, 0.5) is 13.2 Å². The Hall–Kier alpha value is -2.45. The van der Waals surface area contributed by atoms with E-state index in [0.717, 1.165) is 6.07 Å². The molecule has 0 atom stereocenters. The number of carbonyl (C=O) groups excluding carboxylic acids is 1. The van der Waals surface area contributed by atoms with Crippen molar-refractivity contribution in [1.29, 1.82) is 0 Å².